The van der Waals surface area contributed by atoms with Crippen molar-refractivity contribution in [1.82, 2.24) is 4.90 Å². The van der Waals surface area contributed by atoms with E-state index in [1.807, 2.05) is 6.07 Å². The van der Waals surface area contributed by atoms with Gasteiger partial charge in [0.25, 0.3) is 0 Å². The predicted octanol–water partition coefficient (Wildman–Crippen LogP) is 2.33. The van der Waals surface area contributed by atoms with Crippen molar-refractivity contribution < 1.29 is 4.79 Å². The molecule has 2 aliphatic rings. The van der Waals surface area contributed by atoms with Crippen LogP contribution in [0.2, 0.25) is 0 Å². The lowest BCUT2D eigenvalue weighted by atomic mass is 9.75. The monoisotopic (exact) mass is 266 g/mol. The van der Waals surface area contributed by atoms with E-state index in [0.717, 1.165) is 31.6 Å². The fourth-order valence-corrected chi connectivity index (χ4v) is 3.20. The Morgan fingerprint density at radius 2 is 2.17 bits per heavy atom. The van der Waals surface area contributed by atoms with E-state index in [2.05, 4.69) is 36.3 Å². The summed E-state index contributed by atoms with van der Waals surface area (Å²) in [5.74, 6) is 0.185. The van der Waals surface area contributed by atoms with Gasteiger partial charge in [-0.25, -0.2) is 0 Å². The van der Waals surface area contributed by atoms with Gasteiger partial charge >= 0.3 is 0 Å². The average Bonchev–Trinajstić information content (AvgIpc) is 2.53. The normalized spacial score (nSPS) is 26.7. The van der Waals surface area contributed by atoms with E-state index < -0.39 is 0 Å². The number of nitrogens with one attached hydrogen (secondary N) is 1. The van der Waals surface area contributed by atoms with E-state index in [-0.39, 0.29) is 23.7 Å². The number of benzene rings is 1. The fraction of sp³-hybridized carbons (Fsp3) is 0.500. The molecule has 2 aliphatic heterocycles. The SMILES string of the molecule is Cc1ccc2c(c1)C1(CCCN(C)C1)C(=O)N2.Cl. The Balaban J connectivity index is 0.00000120. The Morgan fingerprint density at radius 1 is 1.39 bits per heavy atom. The first kappa shape index (κ1) is 13.4. The highest BCUT2D eigenvalue weighted by molar-refractivity contribution is 6.06. The number of likely N-dealkylation sites (N-methyl/N-ethyl adjacent to an activating group) is 1. The summed E-state index contributed by atoms with van der Waals surface area (Å²) in [7, 11) is 2.10. The number of aryl methyl sites for hydroxylation is 1. The van der Waals surface area contributed by atoms with Crippen molar-refractivity contribution in [2.24, 2.45) is 0 Å². The largest absolute Gasteiger partial charge is 0.325 e. The van der Waals surface area contributed by atoms with Crippen LogP contribution in [0.25, 0.3) is 0 Å². The maximum atomic E-state index is 12.3. The number of piperidine rings is 1. The highest BCUT2D eigenvalue weighted by Crippen LogP contribution is 2.43. The molecular formula is C14H19ClN2O. The number of fused-ring (bicyclic) bond motifs is 2. The number of anilines is 1. The van der Waals surface area contributed by atoms with Crippen molar-refractivity contribution in [3.05, 3.63) is 29.3 Å². The topological polar surface area (TPSA) is 32.3 Å². The molecule has 0 bridgehead atoms. The van der Waals surface area contributed by atoms with E-state index >= 15 is 0 Å². The van der Waals surface area contributed by atoms with Gasteiger partial charge in [-0.05, 0) is 45.0 Å². The van der Waals surface area contributed by atoms with E-state index in [9.17, 15) is 4.79 Å². The number of carbonyl (C=O) groups is 1. The summed E-state index contributed by atoms with van der Waals surface area (Å²) < 4.78 is 0. The summed E-state index contributed by atoms with van der Waals surface area (Å²) in [5, 5.41) is 3.04. The van der Waals surface area contributed by atoms with Gasteiger partial charge in [-0.2, -0.15) is 0 Å². The fourth-order valence-electron chi connectivity index (χ4n) is 3.20. The molecule has 0 saturated carbocycles. The quantitative estimate of drug-likeness (QED) is 0.782. The van der Waals surface area contributed by atoms with Crippen molar-refractivity contribution in [2.75, 3.05) is 25.5 Å². The van der Waals surface area contributed by atoms with Crippen molar-refractivity contribution >= 4 is 24.0 Å². The second-order valence-electron chi connectivity index (χ2n) is 5.43. The van der Waals surface area contributed by atoms with Gasteiger partial charge in [0.1, 0.15) is 0 Å². The third-order valence-corrected chi connectivity index (χ3v) is 4.06. The first-order valence-corrected chi connectivity index (χ1v) is 6.23. The summed E-state index contributed by atoms with van der Waals surface area (Å²) in [6.45, 7) is 4.02. The van der Waals surface area contributed by atoms with Crippen LogP contribution in [0.5, 0.6) is 0 Å². The summed E-state index contributed by atoms with van der Waals surface area (Å²) in [6.07, 6.45) is 2.07. The smallest absolute Gasteiger partial charge is 0.236 e. The highest BCUT2D eigenvalue weighted by Gasteiger charge is 2.48. The Labute approximate surface area is 114 Å². The van der Waals surface area contributed by atoms with Crippen LogP contribution >= 0.6 is 12.4 Å². The molecule has 1 atom stereocenters. The Bertz CT molecular complexity index is 489. The minimum absolute atomic E-state index is 0. The van der Waals surface area contributed by atoms with Gasteiger partial charge in [-0.1, -0.05) is 17.7 Å². The van der Waals surface area contributed by atoms with Gasteiger partial charge in [0.05, 0.1) is 5.41 Å². The van der Waals surface area contributed by atoms with Gasteiger partial charge < -0.3 is 10.2 Å². The Hall–Kier alpha value is -1.06. The van der Waals surface area contributed by atoms with Gasteiger partial charge in [0, 0.05) is 12.2 Å². The molecule has 1 aromatic carbocycles. The molecule has 4 heteroatoms. The predicted molar refractivity (Wildman–Crippen MR) is 75.5 cm³/mol. The zero-order chi connectivity index (χ0) is 12.0. The lowest BCUT2D eigenvalue weighted by Gasteiger charge is -2.37. The number of rotatable bonds is 0. The first-order valence-electron chi connectivity index (χ1n) is 6.23. The third kappa shape index (κ3) is 1.82. The molecule has 98 valence electrons. The second-order valence-corrected chi connectivity index (χ2v) is 5.43. The highest BCUT2D eigenvalue weighted by atomic mass is 35.5. The van der Waals surface area contributed by atoms with Gasteiger partial charge in [-0.3, -0.25) is 4.79 Å². The van der Waals surface area contributed by atoms with E-state index in [4.69, 9.17) is 0 Å². The van der Waals surface area contributed by atoms with Crippen LogP contribution in [-0.2, 0) is 10.2 Å². The van der Waals surface area contributed by atoms with Crippen molar-refractivity contribution in [2.45, 2.75) is 25.2 Å². The first-order chi connectivity index (χ1) is 8.12. The molecule has 1 saturated heterocycles. The molecule has 0 aliphatic carbocycles. The molecule has 1 unspecified atom stereocenters. The van der Waals surface area contributed by atoms with Gasteiger partial charge in [0.2, 0.25) is 5.91 Å². The molecule has 18 heavy (non-hydrogen) atoms. The number of amides is 1. The standard InChI is InChI=1S/C14H18N2O.ClH/c1-10-4-5-12-11(8-10)14(13(17)15-12)6-3-7-16(2)9-14;/h4-5,8H,3,6-7,9H2,1-2H3,(H,15,17);1H. The van der Waals surface area contributed by atoms with Crippen molar-refractivity contribution in [3.63, 3.8) is 0 Å². The van der Waals surface area contributed by atoms with Gasteiger partial charge in [0.15, 0.2) is 0 Å². The molecule has 1 spiro atoms. The number of hydrogen-bond acceptors (Lipinski definition) is 2. The molecule has 3 rings (SSSR count). The number of nitrogens with zero attached hydrogens (tertiary/aromatic N) is 1. The number of hydrogen-bond donors (Lipinski definition) is 1. The number of halogens is 1. The number of carbonyl (C=O) groups excluding carboxylic acids is 1. The lowest BCUT2D eigenvalue weighted by Crippen LogP contribution is -2.48. The maximum Gasteiger partial charge on any atom is 0.236 e. The molecule has 1 amide bonds. The van der Waals surface area contributed by atoms with E-state index in [0.29, 0.717) is 0 Å². The van der Waals surface area contributed by atoms with Crippen LogP contribution in [0, 0.1) is 6.92 Å². The minimum Gasteiger partial charge on any atom is -0.325 e. The summed E-state index contributed by atoms with van der Waals surface area (Å²) >= 11 is 0. The van der Waals surface area contributed by atoms with Crippen LogP contribution in [0.15, 0.2) is 18.2 Å². The molecule has 3 nitrogen and oxygen atoms in total. The zero-order valence-corrected chi connectivity index (χ0v) is 11.6. The lowest BCUT2D eigenvalue weighted by molar-refractivity contribution is -0.122. The minimum atomic E-state index is -0.297. The zero-order valence-electron chi connectivity index (χ0n) is 10.8. The van der Waals surface area contributed by atoms with Crippen LogP contribution in [0.4, 0.5) is 5.69 Å². The van der Waals surface area contributed by atoms with E-state index in [1.165, 1.54) is 11.1 Å². The molecule has 0 radical (unpaired) electrons. The molecule has 1 fully saturated rings. The molecule has 1 aromatic rings. The summed E-state index contributed by atoms with van der Waals surface area (Å²) in [4.78, 5) is 14.6. The van der Waals surface area contributed by atoms with Crippen LogP contribution in [0.1, 0.15) is 24.0 Å². The van der Waals surface area contributed by atoms with Crippen molar-refractivity contribution in [3.8, 4) is 0 Å². The molecular weight excluding hydrogens is 248 g/mol. The summed E-state index contributed by atoms with van der Waals surface area (Å²) in [6, 6.07) is 6.27. The van der Waals surface area contributed by atoms with E-state index in [1.54, 1.807) is 0 Å². The van der Waals surface area contributed by atoms with Crippen molar-refractivity contribution in [1.29, 1.82) is 0 Å². The van der Waals surface area contributed by atoms with Gasteiger partial charge in [-0.15, -0.1) is 12.4 Å². The Morgan fingerprint density at radius 3 is 2.89 bits per heavy atom. The average molecular weight is 267 g/mol. The number of likely N-dealkylation sites (tertiary alicyclic amines) is 1. The Kier molecular flexibility index (Phi) is 3.39. The molecule has 0 aromatic heterocycles. The second kappa shape index (κ2) is 4.56. The summed E-state index contributed by atoms with van der Waals surface area (Å²) in [5.41, 5.74) is 3.15. The van der Waals surface area contributed by atoms with Crippen LogP contribution in [0.3, 0.4) is 0 Å². The maximum absolute atomic E-state index is 12.3. The molecule has 1 N–H and O–H groups in total. The molecule has 2 heterocycles. The van der Waals surface area contributed by atoms with Crippen LogP contribution < -0.4 is 5.32 Å². The van der Waals surface area contributed by atoms with Crippen LogP contribution in [-0.4, -0.2) is 30.9 Å². The third-order valence-electron chi connectivity index (χ3n) is 4.06.